The van der Waals surface area contributed by atoms with E-state index in [1.54, 1.807) is 7.11 Å². The molecule has 0 amide bonds. The first-order chi connectivity index (χ1) is 7.88. The van der Waals surface area contributed by atoms with E-state index in [1.807, 2.05) is 30.3 Å². The quantitative estimate of drug-likeness (QED) is 0.729. The number of methoxy groups -OCH3 is 1. The van der Waals surface area contributed by atoms with Crippen molar-refractivity contribution in [1.82, 2.24) is 9.97 Å². The minimum atomic E-state index is 0.0390. The van der Waals surface area contributed by atoms with Crippen LogP contribution in [-0.2, 0) is 4.74 Å². The number of ether oxygens (including phenoxy) is 1. The molecule has 0 saturated carbocycles. The smallest absolute Gasteiger partial charge is 0.105 e. The topological polar surface area (TPSA) is 35.0 Å². The van der Waals surface area contributed by atoms with E-state index in [2.05, 4.69) is 16.0 Å². The molecular weight excluding hydrogens is 200 g/mol. The third-order valence-corrected chi connectivity index (χ3v) is 2.84. The second-order valence-electron chi connectivity index (χ2n) is 3.85. The molecule has 1 heterocycles. The molecule has 3 rings (SSSR count). The lowest BCUT2D eigenvalue weighted by atomic mass is 10.0. The summed E-state index contributed by atoms with van der Waals surface area (Å²) in [6.07, 6.45) is 5.01. The summed E-state index contributed by atoms with van der Waals surface area (Å²) < 4.78 is 5.41. The Morgan fingerprint density at radius 1 is 1.19 bits per heavy atom. The lowest BCUT2D eigenvalue weighted by molar-refractivity contribution is 0.101. The largest absolute Gasteiger partial charge is 0.375 e. The van der Waals surface area contributed by atoms with E-state index >= 15 is 0 Å². The lowest BCUT2D eigenvalue weighted by Gasteiger charge is -2.18. The zero-order valence-corrected chi connectivity index (χ0v) is 9.05. The van der Waals surface area contributed by atoms with Crippen LogP contribution in [0.2, 0.25) is 0 Å². The van der Waals surface area contributed by atoms with Crippen LogP contribution in [0.15, 0.2) is 30.3 Å². The van der Waals surface area contributed by atoms with Gasteiger partial charge in [0.25, 0.3) is 0 Å². The number of hydrogen-bond acceptors (Lipinski definition) is 3. The minimum Gasteiger partial charge on any atom is -0.375 e. The number of fused-ring (bicyclic) bond motifs is 2. The van der Waals surface area contributed by atoms with E-state index in [4.69, 9.17) is 4.74 Å². The van der Waals surface area contributed by atoms with Crippen LogP contribution in [0.4, 0.5) is 0 Å². The molecule has 1 atom stereocenters. The molecule has 1 aromatic carbocycles. The summed E-state index contributed by atoms with van der Waals surface area (Å²) in [5.74, 6) is 0. The van der Waals surface area contributed by atoms with Crippen molar-refractivity contribution in [1.29, 1.82) is 0 Å². The van der Waals surface area contributed by atoms with E-state index in [0.717, 1.165) is 28.8 Å². The molecule has 0 bridgehead atoms. The fourth-order valence-electron chi connectivity index (χ4n) is 2.01. The first-order valence-corrected chi connectivity index (χ1v) is 5.34. The summed E-state index contributed by atoms with van der Waals surface area (Å²) >= 11 is 0. The maximum absolute atomic E-state index is 5.41. The van der Waals surface area contributed by atoms with Gasteiger partial charge in [-0.25, -0.2) is 9.97 Å². The predicted octanol–water partition coefficient (Wildman–Crippen LogP) is 2.73. The molecule has 1 aromatic heterocycles. The summed E-state index contributed by atoms with van der Waals surface area (Å²) in [6.45, 7) is 0. The molecule has 0 fully saturated rings. The van der Waals surface area contributed by atoms with E-state index in [-0.39, 0.29) is 6.10 Å². The molecule has 1 aliphatic carbocycles. The maximum atomic E-state index is 5.41. The molecule has 1 aliphatic rings. The molecule has 0 spiro atoms. The molecule has 0 N–H and O–H groups in total. The summed E-state index contributed by atoms with van der Waals surface area (Å²) in [5, 5.41) is 0. The predicted molar refractivity (Wildman–Crippen MR) is 62.9 cm³/mol. The van der Waals surface area contributed by atoms with E-state index in [0.29, 0.717) is 0 Å². The van der Waals surface area contributed by atoms with Crippen molar-refractivity contribution in [2.75, 3.05) is 7.11 Å². The number of hydrogen-bond donors (Lipinski definition) is 0. The lowest BCUT2D eigenvalue weighted by Crippen LogP contribution is -2.10. The Balaban J connectivity index is 2.26. The normalized spacial score (nSPS) is 18.7. The van der Waals surface area contributed by atoms with Gasteiger partial charge in [0.1, 0.15) is 6.10 Å². The van der Waals surface area contributed by atoms with Gasteiger partial charge in [-0.15, -0.1) is 0 Å². The second kappa shape index (κ2) is 3.68. The van der Waals surface area contributed by atoms with Gasteiger partial charge in [0, 0.05) is 7.11 Å². The second-order valence-corrected chi connectivity index (χ2v) is 3.85. The van der Waals surface area contributed by atoms with Crippen LogP contribution < -0.4 is 0 Å². The molecule has 3 heteroatoms. The Hall–Kier alpha value is -1.74. The molecule has 0 saturated heterocycles. The summed E-state index contributed by atoms with van der Waals surface area (Å²) in [4.78, 5) is 9.21. The van der Waals surface area contributed by atoms with Crippen molar-refractivity contribution in [2.45, 2.75) is 12.5 Å². The summed E-state index contributed by atoms with van der Waals surface area (Å²) in [5.41, 5.74) is 3.74. The van der Waals surface area contributed by atoms with Crippen molar-refractivity contribution < 1.29 is 4.74 Å². The van der Waals surface area contributed by atoms with Crippen LogP contribution in [0.25, 0.3) is 17.1 Å². The summed E-state index contributed by atoms with van der Waals surface area (Å²) in [7, 11) is 1.71. The minimum absolute atomic E-state index is 0.0390. The Bertz CT molecular complexity index is 563. The monoisotopic (exact) mass is 212 g/mol. The molecule has 0 radical (unpaired) electrons. The van der Waals surface area contributed by atoms with Gasteiger partial charge in [0.05, 0.1) is 22.4 Å². The van der Waals surface area contributed by atoms with Crippen molar-refractivity contribution in [3.8, 4) is 0 Å². The molecule has 80 valence electrons. The zero-order valence-electron chi connectivity index (χ0n) is 9.05. The van der Waals surface area contributed by atoms with Crippen LogP contribution in [-0.4, -0.2) is 17.1 Å². The van der Waals surface area contributed by atoms with Crippen LogP contribution in [0.5, 0.6) is 0 Å². The Kier molecular flexibility index (Phi) is 2.18. The molecular formula is C13H12N2O. The molecule has 16 heavy (non-hydrogen) atoms. The number of para-hydroxylation sites is 2. The van der Waals surface area contributed by atoms with Crippen LogP contribution in [0.3, 0.4) is 0 Å². The van der Waals surface area contributed by atoms with Crippen LogP contribution in [0.1, 0.15) is 23.9 Å². The van der Waals surface area contributed by atoms with Gasteiger partial charge in [0.2, 0.25) is 0 Å². The fourth-order valence-corrected chi connectivity index (χ4v) is 2.01. The highest BCUT2D eigenvalue weighted by Gasteiger charge is 2.19. The van der Waals surface area contributed by atoms with Gasteiger partial charge in [-0.2, -0.15) is 0 Å². The van der Waals surface area contributed by atoms with Crippen molar-refractivity contribution in [2.24, 2.45) is 0 Å². The highest BCUT2D eigenvalue weighted by molar-refractivity contribution is 5.76. The highest BCUT2D eigenvalue weighted by Crippen LogP contribution is 2.28. The van der Waals surface area contributed by atoms with Gasteiger partial charge in [-0.3, -0.25) is 0 Å². The standard InChI is InChI=1S/C13H12N2O/c1-16-12-8-4-7-11-13(12)15-10-6-3-2-5-9(10)14-11/h2-7,12H,8H2,1H3. The average molecular weight is 212 g/mol. The Morgan fingerprint density at radius 2 is 1.94 bits per heavy atom. The maximum Gasteiger partial charge on any atom is 0.105 e. The Morgan fingerprint density at radius 3 is 2.69 bits per heavy atom. The number of aromatic nitrogens is 2. The number of benzene rings is 1. The third-order valence-electron chi connectivity index (χ3n) is 2.84. The zero-order chi connectivity index (χ0) is 11.0. The van der Waals surface area contributed by atoms with Gasteiger partial charge >= 0.3 is 0 Å². The SMILES string of the molecule is COC1CC=Cc2nc3ccccc3nc21. The number of rotatable bonds is 1. The fraction of sp³-hybridized carbons (Fsp3) is 0.231. The van der Waals surface area contributed by atoms with Crippen LogP contribution in [0, 0.1) is 0 Å². The molecule has 1 unspecified atom stereocenters. The molecule has 2 aromatic rings. The van der Waals surface area contributed by atoms with Gasteiger partial charge in [-0.05, 0) is 24.6 Å². The van der Waals surface area contributed by atoms with Crippen molar-refractivity contribution >= 4 is 17.1 Å². The van der Waals surface area contributed by atoms with E-state index in [9.17, 15) is 0 Å². The third kappa shape index (κ3) is 1.41. The number of nitrogens with zero attached hydrogens (tertiary/aromatic N) is 2. The van der Waals surface area contributed by atoms with Gasteiger partial charge in [-0.1, -0.05) is 18.2 Å². The van der Waals surface area contributed by atoms with Crippen molar-refractivity contribution in [3.05, 3.63) is 41.7 Å². The van der Waals surface area contributed by atoms with Gasteiger partial charge < -0.3 is 4.74 Å². The average Bonchev–Trinajstić information content (AvgIpc) is 2.35. The van der Waals surface area contributed by atoms with E-state index in [1.165, 1.54) is 0 Å². The molecule has 0 aliphatic heterocycles. The van der Waals surface area contributed by atoms with E-state index < -0.39 is 0 Å². The highest BCUT2D eigenvalue weighted by atomic mass is 16.5. The first kappa shape index (κ1) is 9.48. The summed E-state index contributed by atoms with van der Waals surface area (Å²) in [6, 6.07) is 7.91. The molecule has 3 nitrogen and oxygen atoms in total. The van der Waals surface area contributed by atoms with Gasteiger partial charge in [0.15, 0.2) is 0 Å². The first-order valence-electron chi connectivity index (χ1n) is 5.34. The van der Waals surface area contributed by atoms with Crippen molar-refractivity contribution in [3.63, 3.8) is 0 Å². The Labute approximate surface area is 93.8 Å². The van der Waals surface area contributed by atoms with Crippen LogP contribution >= 0.6 is 0 Å².